The Morgan fingerprint density at radius 3 is 2.65 bits per heavy atom. The van der Waals surface area contributed by atoms with Crippen molar-refractivity contribution >= 4 is 29.5 Å². The van der Waals surface area contributed by atoms with E-state index in [0.29, 0.717) is 6.42 Å². The molecular formula is C12H19ClN2OS. The lowest BCUT2D eigenvalue weighted by atomic mass is 9.93. The van der Waals surface area contributed by atoms with Crippen LogP contribution in [0.2, 0.25) is 0 Å². The van der Waals surface area contributed by atoms with Crippen LogP contribution in [0.25, 0.3) is 0 Å². The van der Waals surface area contributed by atoms with Gasteiger partial charge >= 0.3 is 0 Å². The van der Waals surface area contributed by atoms with Gasteiger partial charge in [0.1, 0.15) is 5.01 Å². The minimum absolute atomic E-state index is 0. The number of hydrogen-bond donors (Lipinski definition) is 1. The van der Waals surface area contributed by atoms with Gasteiger partial charge in [0.2, 0.25) is 0 Å². The van der Waals surface area contributed by atoms with E-state index in [1.54, 1.807) is 11.3 Å². The largest absolute Gasteiger partial charge is 0.307 e. The summed E-state index contributed by atoms with van der Waals surface area (Å²) in [4.78, 5) is 16.3. The average Bonchev–Trinajstić information content (AvgIpc) is 2.47. The number of Topliss-reactive ketones (excluding diaryl/α,β-unsaturated/α-hetero) is 1. The number of nitrogens with one attached hydrogen (secondary N) is 1. The highest BCUT2D eigenvalue weighted by Gasteiger charge is 2.25. The van der Waals surface area contributed by atoms with Crippen LogP contribution in [-0.4, -0.2) is 23.4 Å². The van der Waals surface area contributed by atoms with Gasteiger partial charge in [-0.3, -0.25) is 4.79 Å². The highest BCUT2D eigenvalue weighted by atomic mass is 35.5. The van der Waals surface area contributed by atoms with Crippen molar-refractivity contribution in [1.29, 1.82) is 0 Å². The summed E-state index contributed by atoms with van der Waals surface area (Å²) in [6, 6.07) is 0.0852. The van der Waals surface area contributed by atoms with E-state index in [1.807, 2.05) is 0 Å². The first kappa shape index (κ1) is 14.6. The molecule has 0 aliphatic carbocycles. The number of aromatic nitrogens is 1. The van der Waals surface area contributed by atoms with Crippen LogP contribution in [-0.2, 0) is 16.6 Å². The van der Waals surface area contributed by atoms with Crippen molar-refractivity contribution in [1.82, 2.24) is 10.3 Å². The number of ketones is 1. The van der Waals surface area contributed by atoms with Crippen molar-refractivity contribution in [3.05, 3.63) is 16.1 Å². The molecule has 1 aliphatic heterocycles. The van der Waals surface area contributed by atoms with Gasteiger partial charge in [-0.25, -0.2) is 4.98 Å². The molecule has 0 amide bonds. The van der Waals surface area contributed by atoms with Gasteiger partial charge in [0.15, 0.2) is 5.78 Å². The Hall–Kier alpha value is -0.450. The molecule has 17 heavy (non-hydrogen) atoms. The fraction of sp³-hybridized carbons (Fsp3) is 0.667. The van der Waals surface area contributed by atoms with Gasteiger partial charge in [-0.2, -0.15) is 0 Å². The topological polar surface area (TPSA) is 42.0 Å². The standard InChI is InChI=1S/C12H18N2OS.ClH/c1-12(2,3)10-7-16-11(14-10)6-9(15)8-4-5-13-8;/h7-8,13H,4-6H2,1-3H3;1H/t8-;/m0./s1. The summed E-state index contributed by atoms with van der Waals surface area (Å²) < 4.78 is 0. The molecule has 0 radical (unpaired) electrons. The van der Waals surface area contributed by atoms with E-state index in [-0.39, 0.29) is 29.6 Å². The lowest BCUT2D eigenvalue weighted by Gasteiger charge is -2.25. The normalized spacial score (nSPS) is 19.4. The first-order valence-corrected chi connectivity index (χ1v) is 6.56. The molecule has 0 saturated carbocycles. The molecule has 1 saturated heterocycles. The minimum atomic E-state index is 0. The number of carbonyl (C=O) groups excluding carboxylic acids is 1. The van der Waals surface area contributed by atoms with Crippen LogP contribution >= 0.6 is 23.7 Å². The molecule has 0 aromatic carbocycles. The third kappa shape index (κ3) is 3.50. The number of carbonyl (C=O) groups is 1. The van der Waals surface area contributed by atoms with Crippen LogP contribution in [0.15, 0.2) is 5.38 Å². The molecule has 2 heterocycles. The van der Waals surface area contributed by atoms with E-state index in [1.165, 1.54) is 0 Å². The van der Waals surface area contributed by atoms with Crippen molar-refractivity contribution in [3.8, 4) is 0 Å². The Labute approximate surface area is 112 Å². The summed E-state index contributed by atoms with van der Waals surface area (Å²) >= 11 is 1.60. The Balaban J connectivity index is 0.00000144. The molecule has 1 aromatic heterocycles. The van der Waals surface area contributed by atoms with Gasteiger partial charge < -0.3 is 5.32 Å². The first-order chi connectivity index (χ1) is 7.47. The molecule has 0 spiro atoms. The maximum absolute atomic E-state index is 11.8. The second-order valence-electron chi connectivity index (χ2n) is 5.31. The van der Waals surface area contributed by atoms with E-state index in [2.05, 4.69) is 36.5 Å². The Bertz CT molecular complexity index is 393. The molecule has 1 aromatic rings. The van der Waals surface area contributed by atoms with Crippen LogP contribution in [0, 0.1) is 0 Å². The fourth-order valence-electron chi connectivity index (χ4n) is 1.57. The van der Waals surface area contributed by atoms with Gasteiger partial charge in [-0.15, -0.1) is 23.7 Å². The molecule has 1 aliphatic rings. The Morgan fingerprint density at radius 2 is 2.24 bits per heavy atom. The van der Waals surface area contributed by atoms with Crippen molar-refractivity contribution in [2.75, 3.05) is 6.54 Å². The number of thiazole rings is 1. The molecule has 0 unspecified atom stereocenters. The first-order valence-electron chi connectivity index (χ1n) is 5.68. The summed E-state index contributed by atoms with van der Waals surface area (Å²) in [5.74, 6) is 0.279. The zero-order valence-electron chi connectivity index (χ0n) is 10.4. The predicted octanol–water partition coefficient (Wildman–Crippen LogP) is 2.34. The predicted molar refractivity (Wildman–Crippen MR) is 73.2 cm³/mol. The number of nitrogens with zero attached hydrogens (tertiary/aromatic N) is 1. The molecule has 3 nitrogen and oxygen atoms in total. The van der Waals surface area contributed by atoms with Gasteiger partial charge in [0.25, 0.3) is 0 Å². The number of hydrogen-bond acceptors (Lipinski definition) is 4. The minimum Gasteiger partial charge on any atom is -0.307 e. The lowest BCUT2D eigenvalue weighted by molar-refractivity contribution is -0.121. The zero-order chi connectivity index (χ0) is 11.8. The smallest absolute Gasteiger partial charge is 0.156 e. The summed E-state index contributed by atoms with van der Waals surface area (Å²) in [5, 5.41) is 6.14. The van der Waals surface area contributed by atoms with Crippen molar-refractivity contribution < 1.29 is 4.79 Å². The fourth-order valence-corrected chi connectivity index (χ4v) is 2.60. The molecule has 96 valence electrons. The number of halogens is 1. The van der Waals surface area contributed by atoms with Crippen LogP contribution in [0.5, 0.6) is 0 Å². The van der Waals surface area contributed by atoms with Crippen molar-refractivity contribution in [3.63, 3.8) is 0 Å². The molecule has 1 fully saturated rings. The quantitative estimate of drug-likeness (QED) is 0.920. The lowest BCUT2D eigenvalue weighted by Crippen LogP contribution is -2.49. The second-order valence-corrected chi connectivity index (χ2v) is 6.26. The van der Waals surface area contributed by atoms with Gasteiger partial charge in [0, 0.05) is 10.8 Å². The van der Waals surface area contributed by atoms with Gasteiger partial charge in [-0.05, 0) is 13.0 Å². The zero-order valence-corrected chi connectivity index (χ0v) is 12.1. The SMILES string of the molecule is CC(C)(C)c1csc(CC(=O)[C@@H]2CCN2)n1.Cl. The Morgan fingerprint density at radius 1 is 1.59 bits per heavy atom. The van der Waals surface area contributed by atoms with E-state index >= 15 is 0 Å². The van der Waals surface area contributed by atoms with E-state index in [9.17, 15) is 4.79 Å². The van der Waals surface area contributed by atoms with E-state index in [0.717, 1.165) is 23.7 Å². The Kier molecular flexibility index (Phi) is 4.69. The highest BCUT2D eigenvalue weighted by molar-refractivity contribution is 7.09. The monoisotopic (exact) mass is 274 g/mol. The summed E-state index contributed by atoms with van der Waals surface area (Å²) in [5.41, 5.74) is 1.16. The summed E-state index contributed by atoms with van der Waals surface area (Å²) in [6.45, 7) is 7.39. The third-order valence-electron chi connectivity index (χ3n) is 2.86. The van der Waals surface area contributed by atoms with Crippen LogP contribution in [0.1, 0.15) is 37.9 Å². The average molecular weight is 275 g/mol. The summed E-state index contributed by atoms with van der Waals surface area (Å²) in [7, 11) is 0. The van der Waals surface area contributed by atoms with Crippen molar-refractivity contribution in [2.24, 2.45) is 0 Å². The van der Waals surface area contributed by atoms with Crippen LogP contribution in [0.3, 0.4) is 0 Å². The highest BCUT2D eigenvalue weighted by Crippen LogP contribution is 2.24. The van der Waals surface area contributed by atoms with E-state index in [4.69, 9.17) is 0 Å². The number of rotatable bonds is 3. The van der Waals surface area contributed by atoms with Crippen molar-refractivity contribution in [2.45, 2.75) is 45.1 Å². The molecule has 5 heteroatoms. The van der Waals surface area contributed by atoms with E-state index < -0.39 is 0 Å². The van der Waals surface area contributed by atoms with Crippen LogP contribution in [0.4, 0.5) is 0 Å². The molecule has 1 N–H and O–H groups in total. The van der Waals surface area contributed by atoms with Gasteiger partial charge in [0.05, 0.1) is 18.2 Å². The molecule has 1 atom stereocenters. The molecular weight excluding hydrogens is 256 g/mol. The molecule has 2 rings (SSSR count). The van der Waals surface area contributed by atoms with Gasteiger partial charge in [-0.1, -0.05) is 20.8 Å². The maximum atomic E-state index is 11.8. The van der Waals surface area contributed by atoms with Crippen LogP contribution < -0.4 is 5.32 Å². The third-order valence-corrected chi connectivity index (χ3v) is 3.71. The molecule has 0 bridgehead atoms. The summed E-state index contributed by atoms with van der Waals surface area (Å²) in [6.07, 6.45) is 1.47. The second kappa shape index (κ2) is 5.46. The maximum Gasteiger partial charge on any atom is 0.156 e.